The number of fused-ring (bicyclic) bond motifs is 1. The molecule has 0 atom stereocenters. The van der Waals surface area contributed by atoms with E-state index in [1.807, 2.05) is 50.9 Å². The van der Waals surface area contributed by atoms with Gasteiger partial charge in [-0.3, -0.25) is 4.79 Å². The van der Waals surface area contributed by atoms with Crippen molar-refractivity contribution in [2.24, 2.45) is 0 Å². The van der Waals surface area contributed by atoms with Crippen LogP contribution in [0.3, 0.4) is 0 Å². The molecule has 3 aromatic rings. The second-order valence-corrected chi connectivity index (χ2v) is 8.77. The van der Waals surface area contributed by atoms with Crippen LogP contribution in [0.2, 0.25) is 0 Å². The Morgan fingerprint density at radius 1 is 0.938 bits per heavy atom. The maximum atomic E-state index is 12.6. The molecule has 0 bridgehead atoms. The van der Waals surface area contributed by atoms with Gasteiger partial charge < -0.3 is 19.5 Å². The third-order valence-electron chi connectivity index (χ3n) is 6.70. The number of carbonyl (C=O) groups is 2. The molecule has 5 rings (SSSR count). The number of hydrogen-bond acceptors (Lipinski definition) is 3. The maximum Gasteiger partial charge on any atom is 0.319 e. The number of benzene rings is 1. The lowest BCUT2D eigenvalue weighted by molar-refractivity contribution is 0.0950. The van der Waals surface area contributed by atoms with Crippen LogP contribution in [0, 0.1) is 0 Å². The van der Waals surface area contributed by atoms with Gasteiger partial charge in [0.05, 0.1) is 0 Å². The van der Waals surface area contributed by atoms with E-state index >= 15 is 0 Å². The number of rotatable bonds is 4. The molecule has 0 aliphatic carbocycles. The molecular formula is C25H29N5O2. The van der Waals surface area contributed by atoms with Gasteiger partial charge in [0, 0.05) is 56.9 Å². The molecule has 7 nitrogen and oxygen atoms in total. The molecule has 0 radical (unpaired) electrons. The lowest BCUT2D eigenvalue weighted by Crippen LogP contribution is -2.45. The Balaban J connectivity index is 1.13. The van der Waals surface area contributed by atoms with E-state index in [0.717, 1.165) is 63.1 Å². The number of hydrogen-bond donors (Lipinski definition) is 1. The number of amides is 3. The third kappa shape index (κ3) is 4.33. The fraction of sp³-hybridized carbons (Fsp3) is 0.400. The minimum Gasteiger partial charge on any atom is -0.348 e. The third-order valence-corrected chi connectivity index (χ3v) is 6.70. The fourth-order valence-electron chi connectivity index (χ4n) is 4.77. The molecule has 2 fully saturated rings. The second kappa shape index (κ2) is 9.02. The SMILES string of the molecule is O=C(NCc1ccn2ccnc2c1)c1ccc(C2CCN(C(=O)N3CCCC3)CC2)cc1. The van der Waals surface area contributed by atoms with Crippen LogP contribution in [0.25, 0.3) is 5.65 Å². The van der Waals surface area contributed by atoms with Crippen LogP contribution in [-0.4, -0.2) is 57.3 Å². The molecule has 1 N–H and O–H groups in total. The molecule has 3 amide bonds. The summed E-state index contributed by atoms with van der Waals surface area (Å²) in [7, 11) is 0. The van der Waals surface area contributed by atoms with Crippen molar-refractivity contribution in [1.29, 1.82) is 0 Å². The van der Waals surface area contributed by atoms with E-state index in [1.165, 1.54) is 5.56 Å². The summed E-state index contributed by atoms with van der Waals surface area (Å²) in [4.78, 5) is 33.4. The van der Waals surface area contributed by atoms with Crippen molar-refractivity contribution in [2.45, 2.75) is 38.1 Å². The van der Waals surface area contributed by atoms with Gasteiger partial charge in [-0.15, -0.1) is 0 Å². The van der Waals surface area contributed by atoms with Crippen molar-refractivity contribution in [3.8, 4) is 0 Å². The summed E-state index contributed by atoms with van der Waals surface area (Å²) in [5.74, 6) is 0.363. The highest BCUT2D eigenvalue weighted by Crippen LogP contribution is 2.29. The van der Waals surface area contributed by atoms with E-state index in [0.29, 0.717) is 18.0 Å². The van der Waals surface area contributed by atoms with E-state index < -0.39 is 0 Å². The van der Waals surface area contributed by atoms with Gasteiger partial charge in [-0.1, -0.05) is 12.1 Å². The van der Waals surface area contributed by atoms with E-state index in [4.69, 9.17) is 0 Å². The lowest BCUT2D eigenvalue weighted by Gasteiger charge is -2.34. The van der Waals surface area contributed by atoms with Crippen molar-refractivity contribution < 1.29 is 9.59 Å². The molecular weight excluding hydrogens is 402 g/mol. The Bertz CT molecular complexity index is 1090. The maximum absolute atomic E-state index is 12.6. The number of nitrogens with one attached hydrogen (secondary N) is 1. The first-order valence-electron chi connectivity index (χ1n) is 11.5. The highest BCUT2D eigenvalue weighted by atomic mass is 16.2. The van der Waals surface area contributed by atoms with Crippen LogP contribution in [0.1, 0.15) is 53.1 Å². The molecule has 2 aliphatic rings. The van der Waals surface area contributed by atoms with Crippen molar-refractivity contribution in [1.82, 2.24) is 24.5 Å². The number of nitrogens with zero attached hydrogens (tertiary/aromatic N) is 4. The zero-order chi connectivity index (χ0) is 21.9. The van der Waals surface area contributed by atoms with Gasteiger partial charge >= 0.3 is 6.03 Å². The summed E-state index contributed by atoms with van der Waals surface area (Å²) in [6.07, 6.45) is 9.80. The molecule has 0 spiro atoms. The highest BCUT2D eigenvalue weighted by molar-refractivity contribution is 5.94. The van der Waals surface area contributed by atoms with Gasteiger partial charge in [0.15, 0.2) is 0 Å². The van der Waals surface area contributed by atoms with Crippen LogP contribution >= 0.6 is 0 Å². The monoisotopic (exact) mass is 431 g/mol. The zero-order valence-electron chi connectivity index (χ0n) is 18.2. The Kier molecular flexibility index (Phi) is 5.79. The Labute approximate surface area is 188 Å². The predicted molar refractivity (Wildman–Crippen MR) is 123 cm³/mol. The van der Waals surface area contributed by atoms with Crippen molar-refractivity contribution in [2.75, 3.05) is 26.2 Å². The number of piperidine rings is 1. The van der Waals surface area contributed by atoms with E-state index in [9.17, 15) is 9.59 Å². The summed E-state index contributed by atoms with van der Waals surface area (Å²) >= 11 is 0. The molecule has 166 valence electrons. The van der Waals surface area contributed by atoms with Crippen LogP contribution in [0.15, 0.2) is 55.0 Å². The van der Waals surface area contributed by atoms with Gasteiger partial charge in [-0.25, -0.2) is 9.78 Å². The van der Waals surface area contributed by atoms with Gasteiger partial charge in [-0.2, -0.15) is 0 Å². The van der Waals surface area contributed by atoms with Crippen molar-refractivity contribution in [3.05, 3.63) is 71.7 Å². The van der Waals surface area contributed by atoms with E-state index in [2.05, 4.69) is 22.4 Å². The topological polar surface area (TPSA) is 70.0 Å². The molecule has 2 aliphatic heterocycles. The number of pyridine rings is 1. The first-order valence-corrected chi connectivity index (χ1v) is 11.5. The van der Waals surface area contributed by atoms with Gasteiger partial charge in [-0.05, 0) is 67.0 Å². The van der Waals surface area contributed by atoms with Gasteiger partial charge in [0.2, 0.25) is 0 Å². The minimum atomic E-state index is -0.0780. The quantitative estimate of drug-likeness (QED) is 0.685. The van der Waals surface area contributed by atoms with Gasteiger partial charge in [0.1, 0.15) is 5.65 Å². The van der Waals surface area contributed by atoms with Crippen LogP contribution in [-0.2, 0) is 6.54 Å². The average Bonchev–Trinajstić information content (AvgIpc) is 3.54. The summed E-state index contributed by atoms with van der Waals surface area (Å²) in [5.41, 5.74) is 3.80. The second-order valence-electron chi connectivity index (χ2n) is 8.77. The highest BCUT2D eigenvalue weighted by Gasteiger charge is 2.28. The lowest BCUT2D eigenvalue weighted by atomic mass is 9.89. The Hall–Kier alpha value is -3.35. The average molecular weight is 432 g/mol. The minimum absolute atomic E-state index is 0.0780. The normalized spacial score (nSPS) is 17.1. The Morgan fingerprint density at radius 2 is 1.66 bits per heavy atom. The number of imidazole rings is 1. The standard InChI is InChI=1S/C25H29N5O2/c31-24(27-18-19-7-13-28-16-10-26-23(28)17-19)22-5-3-20(4-6-22)21-8-14-30(15-9-21)25(32)29-11-1-2-12-29/h3-7,10,13,16-17,21H,1-2,8-9,11-12,14-15,18H2,(H,27,31). The van der Waals surface area contributed by atoms with Gasteiger partial charge in [0.25, 0.3) is 5.91 Å². The van der Waals surface area contributed by atoms with Crippen LogP contribution in [0.4, 0.5) is 4.79 Å². The molecule has 0 saturated carbocycles. The number of carbonyl (C=O) groups excluding carboxylic acids is 2. The van der Waals surface area contributed by atoms with Crippen LogP contribution < -0.4 is 5.32 Å². The molecule has 1 aromatic carbocycles. The van der Waals surface area contributed by atoms with E-state index in [1.54, 1.807) is 6.20 Å². The van der Waals surface area contributed by atoms with Crippen LogP contribution in [0.5, 0.6) is 0 Å². The molecule has 0 unspecified atom stereocenters. The smallest absolute Gasteiger partial charge is 0.319 e. The number of likely N-dealkylation sites (tertiary alicyclic amines) is 2. The molecule has 2 aromatic heterocycles. The first-order chi connectivity index (χ1) is 15.7. The molecule has 7 heteroatoms. The summed E-state index contributed by atoms with van der Waals surface area (Å²) in [5, 5.41) is 2.99. The molecule has 4 heterocycles. The zero-order valence-corrected chi connectivity index (χ0v) is 18.2. The van der Waals surface area contributed by atoms with Crippen molar-refractivity contribution >= 4 is 17.6 Å². The summed E-state index contributed by atoms with van der Waals surface area (Å²) < 4.78 is 1.94. The molecule has 32 heavy (non-hydrogen) atoms. The van der Waals surface area contributed by atoms with Crippen molar-refractivity contribution in [3.63, 3.8) is 0 Å². The first kappa shape index (κ1) is 20.5. The summed E-state index contributed by atoms with van der Waals surface area (Å²) in [6.45, 7) is 3.89. The van der Waals surface area contributed by atoms with E-state index in [-0.39, 0.29) is 11.9 Å². The Morgan fingerprint density at radius 3 is 2.41 bits per heavy atom. The largest absolute Gasteiger partial charge is 0.348 e. The predicted octanol–water partition coefficient (Wildman–Crippen LogP) is 3.66. The fourth-order valence-corrected chi connectivity index (χ4v) is 4.77. The summed E-state index contributed by atoms with van der Waals surface area (Å²) in [6, 6.07) is 12.1. The number of aromatic nitrogens is 2. The number of urea groups is 1. The molecule has 2 saturated heterocycles.